The third-order valence-electron chi connectivity index (χ3n) is 5.91. The number of benzene rings is 2. The van der Waals surface area contributed by atoms with Gasteiger partial charge in [0, 0.05) is 12.6 Å². The summed E-state index contributed by atoms with van der Waals surface area (Å²) >= 11 is 0. The van der Waals surface area contributed by atoms with Gasteiger partial charge >= 0.3 is 0 Å². The highest BCUT2D eigenvalue weighted by Crippen LogP contribution is 2.23. The van der Waals surface area contributed by atoms with Crippen LogP contribution in [0.1, 0.15) is 50.0 Å². The summed E-state index contributed by atoms with van der Waals surface area (Å²) in [5, 5.41) is 0. The van der Waals surface area contributed by atoms with Gasteiger partial charge in [-0.2, -0.15) is 0 Å². The van der Waals surface area contributed by atoms with Crippen molar-refractivity contribution in [1.82, 2.24) is 9.80 Å². The number of hydrogen-bond acceptors (Lipinski definition) is 3. The van der Waals surface area contributed by atoms with Crippen LogP contribution in [0.2, 0.25) is 0 Å². The Bertz CT molecular complexity index is 985. The van der Waals surface area contributed by atoms with E-state index < -0.39 is 0 Å². The van der Waals surface area contributed by atoms with Crippen LogP contribution in [0.3, 0.4) is 0 Å². The zero-order valence-corrected chi connectivity index (χ0v) is 19.8. The second-order valence-electron chi connectivity index (χ2n) is 8.56. The van der Waals surface area contributed by atoms with Gasteiger partial charge < -0.3 is 14.2 Å². The molecule has 1 atom stereocenters. The Morgan fingerprint density at radius 2 is 1.58 bits per heavy atom. The van der Waals surface area contributed by atoms with E-state index in [9.17, 15) is 9.59 Å². The molecular weight excluding hydrogens is 412 g/mol. The van der Waals surface area contributed by atoms with E-state index >= 15 is 0 Å². The fourth-order valence-electron chi connectivity index (χ4n) is 3.99. The van der Waals surface area contributed by atoms with Crippen LogP contribution in [-0.2, 0) is 22.6 Å². The molecule has 5 heteroatoms. The van der Waals surface area contributed by atoms with Crippen LogP contribution in [0.4, 0.5) is 0 Å². The first-order valence-electron chi connectivity index (χ1n) is 11.7. The summed E-state index contributed by atoms with van der Waals surface area (Å²) < 4.78 is 5.51. The molecule has 1 heterocycles. The molecule has 0 N–H and O–H groups in total. The van der Waals surface area contributed by atoms with Gasteiger partial charge in [0.2, 0.25) is 11.8 Å². The number of hydrogen-bond donors (Lipinski definition) is 0. The van der Waals surface area contributed by atoms with E-state index in [4.69, 9.17) is 4.42 Å². The van der Waals surface area contributed by atoms with E-state index in [1.54, 1.807) is 16.1 Å². The summed E-state index contributed by atoms with van der Waals surface area (Å²) in [6.45, 7) is 6.93. The zero-order chi connectivity index (χ0) is 23.6. The summed E-state index contributed by atoms with van der Waals surface area (Å²) in [6, 6.07) is 23.5. The van der Waals surface area contributed by atoms with Crippen molar-refractivity contribution in [3.05, 3.63) is 95.9 Å². The van der Waals surface area contributed by atoms with Gasteiger partial charge in [-0.15, -0.1) is 0 Å². The molecule has 2 amide bonds. The molecule has 0 aliphatic rings. The largest absolute Gasteiger partial charge is 0.467 e. The second-order valence-corrected chi connectivity index (χ2v) is 8.56. The van der Waals surface area contributed by atoms with Crippen molar-refractivity contribution in [1.29, 1.82) is 0 Å². The quantitative estimate of drug-likeness (QED) is 0.403. The molecule has 174 valence electrons. The lowest BCUT2D eigenvalue weighted by Gasteiger charge is -2.32. The Morgan fingerprint density at radius 1 is 0.909 bits per heavy atom. The maximum Gasteiger partial charge on any atom is 0.242 e. The van der Waals surface area contributed by atoms with E-state index in [1.165, 1.54) is 5.56 Å². The molecule has 0 radical (unpaired) electrons. The molecule has 5 nitrogen and oxygen atoms in total. The van der Waals surface area contributed by atoms with Crippen molar-refractivity contribution in [3.63, 3.8) is 0 Å². The lowest BCUT2D eigenvalue weighted by atomic mass is 9.94. The van der Waals surface area contributed by atoms with Crippen molar-refractivity contribution < 1.29 is 14.0 Å². The van der Waals surface area contributed by atoms with Crippen molar-refractivity contribution in [2.75, 3.05) is 13.1 Å². The van der Waals surface area contributed by atoms with Crippen molar-refractivity contribution in [2.24, 2.45) is 0 Å². The van der Waals surface area contributed by atoms with Crippen molar-refractivity contribution in [2.45, 2.75) is 52.1 Å². The normalized spacial score (nSPS) is 11.9. The zero-order valence-electron chi connectivity index (χ0n) is 19.8. The van der Waals surface area contributed by atoms with Crippen LogP contribution < -0.4 is 0 Å². The molecule has 1 unspecified atom stereocenters. The van der Waals surface area contributed by atoms with E-state index in [0.29, 0.717) is 19.5 Å². The lowest BCUT2D eigenvalue weighted by Crippen LogP contribution is -2.47. The number of nitrogens with zero attached hydrogens (tertiary/aromatic N) is 2. The van der Waals surface area contributed by atoms with E-state index in [-0.39, 0.29) is 30.3 Å². The minimum Gasteiger partial charge on any atom is -0.467 e. The number of carbonyl (C=O) groups is 2. The van der Waals surface area contributed by atoms with Crippen LogP contribution in [0.15, 0.2) is 83.5 Å². The van der Waals surface area contributed by atoms with Crippen LogP contribution in [0.5, 0.6) is 0 Å². The van der Waals surface area contributed by atoms with Gasteiger partial charge in [0.25, 0.3) is 0 Å². The summed E-state index contributed by atoms with van der Waals surface area (Å²) in [5.41, 5.74) is 2.15. The number of amides is 2. The predicted octanol–water partition coefficient (Wildman–Crippen LogP) is 5.28. The molecule has 0 spiro atoms. The maximum atomic E-state index is 13.5. The van der Waals surface area contributed by atoms with Gasteiger partial charge in [0.05, 0.1) is 18.7 Å². The molecule has 3 rings (SSSR count). The fourth-order valence-corrected chi connectivity index (χ4v) is 3.99. The summed E-state index contributed by atoms with van der Waals surface area (Å²) in [7, 11) is 0. The number of carbonyl (C=O) groups excluding carboxylic acids is 2. The van der Waals surface area contributed by atoms with Crippen LogP contribution in [-0.4, -0.2) is 40.7 Å². The van der Waals surface area contributed by atoms with Crippen LogP contribution in [0, 0.1) is 0 Å². The summed E-state index contributed by atoms with van der Waals surface area (Å²) in [6.07, 6.45) is 3.04. The highest BCUT2D eigenvalue weighted by molar-refractivity contribution is 5.88. The Morgan fingerprint density at radius 3 is 2.15 bits per heavy atom. The molecule has 0 saturated carbocycles. The fraction of sp³-hybridized carbons (Fsp3) is 0.357. The van der Waals surface area contributed by atoms with Crippen molar-refractivity contribution in [3.8, 4) is 0 Å². The summed E-state index contributed by atoms with van der Waals surface area (Å²) in [4.78, 5) is 30.5. The van der Waals surface area contributed by atoms with Crippen LogP contribution in [0.25, 0.3) is 0 Å². The van der Waals surface area contributed by atoms with Gasteiger partial charge in [-0.25, -0.2) is 0 Å². The lowest BCUT2D eigenvalue weighted by molar-refractivity contribution is -0.143. The maximum absolute atomic E-state index is 13.5. The number of furan rings is 1. The van der Waals surface area contributed by atoms with Gasteiger partial charge in [0.1, 0.15) is 12.3 Å². The highest BCUT2D eigenvalue weighted by Gasteiger charge is 2.29. The molecule has 1 aromatic heterocycles. The molecule has 0 aliphatic heterocycles. The SMILES string of the molecule is CCC(C(=O)N(CC(=O)N(CCc1ccccc1)Cc1ccco1)C(C)C)c1ccccc1. The monoisotopic (exact) mass is 446 g/mol. The minimum atomic E-state index is -0.260. The van der Waals surface area contributed by atoms with E-state index in [0.717, 1.165) is 17.7 Å². The Balaban J connectivity index is 1.75. The first-order chi connectivity index (χ1) is 16.0. The predicted molar refractivity (Wildman–Crippen MR) is 131 cm³/mol. The Kier molecular flexibility index (Phi) is 8.87. The first kappa shape index (κ1) is 24.3. The van der Waals surface area contributed by atoms with Gasteiger partial charge in [-0.3, -0.25) is 9.59 Å². The molecule has 0 aliphatic carbocycles. The van der Waals surface area contributed by atoms with Crippen LogP contribution >= 0.6 is 0 Å². The Hall–Kier alpha value is -3.34. The molecule has 0 saturated heterocycles. The average Bonchev–Trinajstić information content (AvgIpc) is 3.35. The molecule has 0 bridgehead atoms. The Labute approximate surface area is 197 Å². The smallest absolute Gasteiger partial charge is 0.242 e. The first-order valence-corrected chi connectivity index (χ1v) is 11.7. The molecular formula is C28H34N2O3. The topological polar surface area (TPSA) is 53.8 Å². The third-order valence-corrected chi connectivity index (χ3v) is 5.91. The van der Waals surface area contributed by atoms with E-state index in [2.05, 4.69) is 12.1 Å². The highest BCUT2D eigenvalue weighted by atomic mass is 16.3. The molecule has 3 aromatic rings. The molecule has 2 aromatic carbocycles. The standard InChI is InChI=1S/C28H34N2O3/c1-4-26(24-14-9-6-10-15-24)28(32)30(22(2)3)21-27(31)29(20-25-16-11-19-33-25)18-17-23-12-7-5-8-13-23/h5-16,19,22,26H,4,17-18,20-21H2,1-3H3. The van der Waals surface area contributed by atoms with E-state index in [1.807, 2.05) is 81.4 Å². The number of rotatable bonds is 11. The minimum absolute atomic E-state index is 0.00643. The molecule has 0 fully saturated rings. The average molecular weight is 447 g/mol. The van der Waals surface area contributed by atoms with Gasteiger partial charge in [-0.05, 0) is 49.9 Å². The molecule has 33 heavy (non-hydrogen) atoms. The van der Waals surface area contributed by atoms with Gasteiger partial charge in [0.15, 0.2) is 0 Å². The third kappa shape index (κ3) is 6.82. The second kappa shape index (κ2) is 12.0. The summed E-state index contributed by atoms with van der Waals surface area (Å²) in [5.74, 6) is 0.388. The van der Waals surface area contributed by atoms with Crippen molar-refractivity contribution >= 4 is 11.8 Å². The van der Waals surface area contributed by atoms with Gasteiger partial charge in [-0.1, -0.05) is 67.6 Å².